The highest BCUT2D eigenvalue weighted by atomic mass is 16.1. The largest absolute Gasteiger partial charge is 0.298 e. The molecule has 1 aromatic heterocycles. The number of aldehydes is 1. The predicted molar refractivity (Wildman–Crippen MR) is 55.1 cm³/mol. The Bertz CT molecular complexity index is 452. The van der Waals surface area contributed by atoms with Crippen molar-refractivity contribution in [2.45, 2.75) is 6.42 Å². The summed E-state index contributed by atoms with van der Waals surface area (Å²) in [6, 6.07) is 3.33. The van der Waals surface area contributed by atoms with E-state index in [-0.39, 0.29) is 0 Å². The standard InChI is InChI=1S/C10H8N4O/c11-14-13-7-2-1-5-10-9(8-15)4-3-6-12-10/h3-4,6,8H,2,7H2. The molecular weight excluding hydrogens is 192 g/mol. The number of aromatic nitrogens is 1. The van der Waals surface area contributed by atoms with E-state index in [2.05, 4.69) is 26.9 Å². The molecule has 0 bridgehead atoms. The Hall–Kier alpha value is -2.31. The minimum atomic E-state index is 0.326. The zero-order chi connectivity index (χ0) is 10.9. The molecule has 0 aromatic carbocycles. The van der Waals surface area contributed by atoms with E-state index in [4.69, 9.17) is 5.53 Å². The molecule has 74 valence electrons. The lowest BCUT2D eigenvalue weighted by molar-refractivity contribution is 0.112. The molecule has 1 heterocycles. The van der Waals surface area contributed by atoms with E-state index in [1.807, 2.05) is 0 Å². The van der Waals surface area contributed by atoms with Crippen molar-refractivity contribution in [2.75, 3.05) is 6.54 Å². The minimum Gasteiger partial charge on any atom is -0.298 e. The molecule has 1 aromatic rings. The van der Waals surface area contributed by atoms with Crippen molar-refractivity contribution in [3.8, 4) is 11.8 Å². The lowest BCUT2D eigenvalue weighted by Gasteiger charge is -1.92. The molecule has 0 aliphatic carbocycles. The molecule has 15 heavy (non-hydrogen) atoms. The molecule has 0 saturated heterocycles. The van der Waals surface area contributed by atoms with Crippen LogP contribution >= 0.6 is 0 Å². The number of azide groups is 1. The van der Waals surface area contributed by atoms with Gasteiger partial charge in [-0.05, 0) is 23.6 Å². The zero-order valence-corrected chi connectivity index (χ0v) is 7.92. The third-order valence-corrected chi connectivity index (χ3v) is 1.57. The van der Waals surface area contributed by atoms with Crippen LogP contribution in [0.4, 0.5) is 0 Å². The van der Waals surface area contributed by atoms with Crippen molar-refractivity contribution in [3.63, 3.8) is 0 Å². The summed E-state index contributed by atoms with van der Waals surface area (Å²) in [7, 11) is 0. The first-order chi connectivity index (χ1) is 7.38. The molecule has 0 atom stereocenters. The van der Waals surface area contributed by atoms with Crippen molar-refractivity contribution in [1.29, 1.82) is 0 Å². The highest BCUT2D eigenvalue weighted by molar-refractivity contribution is 5.78. The van der Waals surface area contributed by atoms with Gasteiger partial charge in [0.05, 0.1) is 0 Å². The summed E-state index contributed by atoms with van der Waals surface area (Å²) in [5, 5.41) is 3.33. The third-order valence-electron chi connectivity index (χ3n) is 1.57. The van der Waals surface area contributed by atoms with Crippen molar-refractivity contribution < 1.29 is 4.79 Å². The second-order valence-electron chi connectivity index (χ2n) is 2.57. The van der Waals surface area contributed by atoms with Gasteiger partial charge in [-0.1, -0.05) is 11.0 Å². The van der Waals surface area contributed by atoms with Crippen LogP contribution in [0.1, 0.15) is 22.5 Å². The van der Waals surface area contributed by atoms with Gasteiger partial charge in [0.25, 0.3) is 0 Å². The van der Waals surface area contributed by atoms with Crippen molar-refractivity contribution in [3.05, 3.63) is 40.0 Å². The molecule has 5 heteroatoms. The first-order valence-electron chi connectivity index (χ1n) is 4.28. The number of hydrogen-bond donors (Lipinski definition) is 0. The lowest BCUT2D eigenvalue weighted by Crippen LogP contribution is -1.90. The smallest absolute Gasteiger partial charge is 0.152 e. The van der Waals surface area contributed by atoms with Gasteiger partial charge in [-0.2, -0.15) is 0 Å². The fourth-order valence-corrected chi connectivity index (χ4v) is 0.914. The van der Waals surface area contributed by atoms with E-state index in [1.54, 1.807) is 18.3 Å². The van der Waals surface area contributed by atoms with Crippen LogP contribution in [-0.4, -0.2) is 17.8 Å². The Balaban J connectivity index is 2.70. The summed E-state index contributed by atoms with van der Waals surface area (Å²) in [4.78, 5) is 17.1. The maximum absolute atomic E-state index is 10.6. The number of pyridine rings is 1. The van der Waals surface area contributed by atoms with Gasteiger partial charge < -0.3 is 0 Å². The molecule has 0 spiro atoms. The van der Waals surface area contributed by atoms with Crippen molar-refractivity contribution >= 4 is 6.29 Å². The van der Waals surface area contributed by atoms with Gasteiger partial charge in [0.15, 0.2) is 6.29 Å². The predicted octanol–water partition coefficient (Wildman–Crippen LogP) is 1.95. The number of carbonyl (C=O) groups excluding carboxylic acids is 1. The molecule has 0 saturated carbocycles. The summed E-state index contributed by atoms with van der Waals surface area (Å²) in [6.07, 6.45) is 2.74. The molecule has 0 aliphatic rings. The van der Waals surface area contributed by atoms with E-state index in [1.165, 1.54) is 0 Å². The van der Waals surface area contributed by atoms with E-state index >= 15 is 0 Å². The number of carbonyl (C=O) groups is 1. The number of rotatable bonds is 3. The van der Waals surface area contributed by atoms with Gasteiger partial charge >= 0.3 is 0 Å². The fourth-order valence-electron chi connectivity index (χ4n) is 0.914. The Labute approximate surface area is 86.8 Å². The highest BCUT2D eigenvalue weighted by Crippen LogP contribution is 1.99. The second-order valence-corrected chi connectivity index (χ2v) is 2.57. The molecule has 0 fully saturated rings. The van der Waals surface area contributed by atoms with Gasteiger partial charge in [0, 0.05) is 29.6 Å². The van der Waals surface area contributed by atoms with Crippen LogP contribution in [-0.2, 0) is 0 Å². The summed E-state index contributed by atoms with van der Waals surface area (Å²) >= 11 is 0. The topological polar surface area (TPSA) is 78.7 Å². The van der Waals surface area contributed by atoms with Crippen LogP contribution in [0.25, 0.3) is 10.4 Å². The quantitative estimate of drug-likeness (QED) is 0.187. The molecule has 0 aliphatic heterocycles. The van der Waals surface area contributed by atoms with Crippen LogP contribution in [0.5, 0.6) is 0 Å². The third kappa shape index (κ3) is 3.51. The van der Waals surface area contributed by atoms with E-state index < -0.39 is 0 Å². The van der Waals surface area contributed by atoms with Crippen LogP contribution < -0.4 is 0 Å². The van der Waals surface area contributed by atoms with E-state index in [0.717, 1.165) is 0 Å². The molecular formula is C10H8N4O. The average Bonchev–Trinajstić information content (AvgIpc) is 2.29. The van der Waals surface area contributed by atoms with Gasteiger partial charge in [0.1, 0.15) is 5.69 Å². The van der Waals surface area contributed by atoms with E-state index in [0.29, 0.717) is 30.5 Å². The summed E-state index contributed by atoms with van der Waals surface area (Å²) in [5.41, 5.74) is 8.93. The molecule has 1 rings (SSSR count). The average molecular weight is 200 g/mol. The Morgan fingerprint density at radius 3 is 3.27 bits per heavy atom. The van der Waals surface area contributed by atoms with E-state index in [9.17, 15) is 4.79 Å². The summed E-state index contributed by atoms with van der Waals surface area (Å²) in [5.74, 6) is 5.52. The SMILES string of the molecule is [N-]=[N+]=NCCC#Cc1ncccc1C=O. The Kier molecular flexibility index (Phi) is 4.44. The normalized spacial score (nSPS) is 8.27. The fraction of sp³-hybridized carbons (Fsp3) is 0.200. The van der Waals surface area contributed by atoms with Crippen LogP contribution in [0.3, 0.4) is 0 Å². The monoisotopic (exact) mass is 200 g/mol. The maximum Gasteiger partial charge on any atom is 0.152 e. The molecule has 5 nitrogen and oxygen atoms in total. The second kappa shape index (κ2) is 6.19. The van der Waals surface area contributed by atoms with Crippen LogP contribution in [0, 0.1) is 11.8 Å². The molecule has 0 N–H and O–H groups in total. The van der Waals surface area contributed by atoms with Gasteiger partial charge in [-0.15, -0.1) is 0 Å². The summed E-state index contributed by atoms with van der Waals surface area (Å²) in [6.45, 7) is 0.326. The van der Waals surface area contributed by atoms with Crippen LogP contribution in [0.2, 0.25) is 0 Å². The lowest BCUT2D eigenvalue weighted by atomic mass is 10.2. The first-order valence-corrected chi connectivity index (χ1v) is 4.28. The molecule has 0 unspecified atom stereocenters. The van der Waals surface area contributed by atoms with Gasteiger partial charge in [-0.25, -0.2) is 4.98 Å². The summed E-state index contributed by atoms with van der Waals surface area (Å²) < 4.78 is 0. The Morgan fingerprint density at radius 1 is 1.67 bits per heavy atom. The highest BCUT2D eigenvalue weighted by Gasteiger charge is 1.96. The number of hydrogen-bond acceptors (Lipinski definition) is 3. The maximum atomic E-state index is 10.6. The van der Waals surface area contributed by atoms with Gasteiger partial charge in [-0.3, -0.25) is 4.79 Å². The minimum absolute atomic E-state index is 0.326. The van der Waals surface area contributed by atoms with Crippen molar-refractivity contribution in [1.82, 2.24) is 4.98 Å². The molecule has 0 radical (unpaired) electrons. The first kappa shape index (κ1) is 10.8. The Morgan fingerprint density at radius 2 is 2.53 bits per heavy atom. The number of nitrogens with zero attached hydrogens (tertiary/aromatic N) is 4. The molecule has 0 amide bonds. The van der Waals surface area contributed by atoms with Crippen molar-refractivity contribution in [2.24, 2.45) is 5.11 Å². The van der Waals surface area contributed by atoms with Gasteiger partial charge in [0.2, 0.25) is 0 Å². The zero-order valence-electron chi connectivity index (χ0n) is 7.92. The van der Waals surface area contributed by atoms with Crippen LogP contribution in [0.15, 0.2) is 23.4 Å².